The van der Waals surface area contributed by atoms with E-state index in [4.69, 9.17) is 11.6 Å². The zero-order valence-electron chi connectivity index (χ0n) is 6.81. The minimum absolute atomic E-state index is 0.460. The standard InChI is InChI=1S/C8H7ClN4/c9-6-3-4-13-8(10-6)11-7(12-13)5-1-2-5/h3-5H,1-2H2. The van der Waals surface area contributed by atoms with E-state index in [1.165, 1.54) is 12.8 Å². The predicted octanol–water partition coefficient (Wildman–Crippen LogP) is 1.66. The Morgan fingerprint density at radius 2 is 2.23 bits per heavy atom. The first kappa shape index (κ1) is 7.26. The number of nitrogens with zero attached hydrogens (tertiary/aromatic N) is 4. The maximum absolute atomic E-state index is 5.73. The Labute approximate surface area is 79.6 Å². The van der Waals surface area contributed by atoms with E-state index in [1.807, 2.05) is 0 Å². The Balaban J connectivity index is 2.20. The number of fused-ring (bicyclic) bond motifs is 1. The van der Waals surface area contributed by atoms with Crippen LogP contribution in [0.4, 0.5) is 0 Å². The fourth-order valence-electron chi connectivity index (χ4n) is 1.29. The van der Waals surface area contributed by atoms with Crippen molar-refractivity contribution in [3.63, 3.8) is 0 Å². The van der Waals surface area contributed by atoms with Crippen LogP contribution in [0.1, 0.15) is 24.6 Å². The molecule has 0 unspecified atom stereocenters. The Morgan fingerprint density at radius 3 is 3.00 bits per heavy atom. The molecule has 1 saturated carbocycles. The van der Waals surface area contributed by atoms with Gasteiger partial charge in [-0.15, -0.1) is 5.10 Å². The van der Waals surface area contributed by atoms with E-state index in [0.717, 1.165) is 5.82 Å². The number of halogens is 1. The van der Waals surface area contributed by atoms with Crippen LogP contribution in [0, 0.1) is 0 Å². The fraction of sp³-hybridized carbons (Fsp3) is 0.375. The molecule has 0 saturated heterocycles. The highest BCUT2D eigenvalue weighted by atomic mass is 35.5. The van der Waals surface area contributed by atoms with Gasteiger partial charge in [-0.25, -0.2) is 4.52 Å². The van der Waals surface area contributed by atoms with E-state index in [1.54, 1.807) is 16.8 Å². The van der Waals surface area contributed by atoms with Crippen molar-refractivity contribution in [1.82, 2.24) is 19.6 Å². The van der Waals surface area contributed by atoms with E-state index in [0.29, 0.717) is 16.8 Å². The second-order valence-electron chi connectivity index (χ2n) is 3.24. The number of hydrogen-bond acceptors (Lipinski definition) is 3. The van der Waals surface area contributed by atoms with Gasteiger partial charge in [-0.2, -0.15) is 9.97 Å². The third kappa shape index (κ3) is 1.18. The molecule has 0 bridgehead atoms. The zero-order valence-corrected chi connectivity index (χ0v) is 7.57. The molecule has 3 rings (SSSR count). The van der Waals surface area contributed by atoms with Gasteiger partial charge in [0.25, 0.3) is 5.78 Å². The van der Waals surface area contributed by atoms with Crippen molar-refractivity contribution >= 4 is 17.4 Å². The fourth-order valence-corrected chi connectivity index (χ4v) is 1.42. The number of aromatic nitrogens is 4. The number of hydrogen-bond donors (Lipinski definition) is 0. The summed E-state index contributed by atoms with van der Waals surface area (Å²) in [6.07, 6.45) is 4.18. The summed E-state index contributed by atoms with van der Waals surface area (Å²) in [7, 11) is 0. The lowest BCUT2D eigenvalue weighted by atomic mass is 10.4. The average molecular weight is 195 g/mol. The molecule has 0 aliphatic heterocycles. The highest BCUT2D eigenvalue weighted by molar-refractivity contribution is 6.29. The molecule has 4 nitrogen and oxygen atoms in total. The summed E-state index contributed by atoms with van der Waals surface area (Å²) >= 11 is 5.73. The molecule has 0 radical (unpaired) electrons. The lowest BCUT2D eigenvalue weighted by molar-refractivity contribution is 0.872. The molecule has 0 spiro atoms. The maximum atomic E-state index is 5.73. The molecular formula is C8H7ClN4. The molecule has 2 aromatic heterocycles. The Morgan fingerprint density at radius 1 is 1.38 bits per heavy atom. The Kier molecular flexibility index (Phi) is 1.35. The third-order valence-electron chi connectivity index (χ3n) is 2.13. The topological polar surface area (TPSA) is 43.1 Å². The van der Waals surface area contributed by atoms with Crippen LogP contribution >= 0.6 is 11.6 Å². The SMILES string of the molecule is Clc1ccn2nc(C3CC3)nc2n1. The van der Waals surface area contributed by atoms with Crippen molar-refractivity contribution < 1.29 is 0 Å². The molecular weight excluding hydrogens is 188 g/mol. The van der Waals surface area contributed by atoms with Crippen LogP contribution in [-0.2, 0) is 0 Å². The van der Waals surface area contributed by atoms with Gasteiger partial charge in [0, 0.05) is 12.1 Å². The molecule has 1 aliphatic carbocycles. The summed E-state index contributed by atoms with van der Waals surface area (Å²) in [6.45, 7) is 0. The smallest absolute Gasteiger partial charge is 0.204 e. The van der Waals surface area contributed by atoms with Crippen LogP contribution in [0.25, 0.3) is 5.78 Å². The molecule has 66 valence electrons. The second-order valence-corrected chi connectivity index (χ2v) is 3.63. The van der Waals surface area contributed by atoms with Gasteiger partial charge in [-0.1, -0.05) is 11.6 Å². The molecule has 1 fully saturated rings. The summed E-state index contributed by atoms with van der Waals surface area (Å²) < 4.78 is 1.67. The highest BCUT2D eigenvalue weighted by Crippen LogP contribution is 2.37. The maximum Gasteiger partial charge on any atom is 0.253 e. The molecule has 13 heavy (non-hydrogen) atoms. The summed E-state index contributed by atoms with van der Waals surface area (Å²) in [6, 6.07) is 1.71. The summed E-state index contributed by atoms with van der Waals surface area (Å²) in [5.74, 6) is 2.05. The van der Waals surface area contributed by atoms with Gasteiger partial charge in [0.1, 0.15) is 5.15 Å². The van der Waals surface area contributed by atoms with Gasteiger partial charge in [-0.3, -0.25) is 0 Å². The normalized spacial score (nSPS) is 16.7. The van der Waals surface area contributed by atoms with Gasteiger partial charge < -0.3 is 0 Å². The van der Waals surface area contributed by atoms with E-state index in [-0.39, 0.29) is 0 Å². The largest absolute Gasteiger partial charge is 0.253 e. The first-order chi connectivity index (χ1) is 6.33. The van der Waals surface area contributed by atoms with Gasteiger partial charge in [0.05, 0.1) is 0 Å². The van der Waals surface area contributed by atoms with Gasteiger partial charge in [0.2, 0.25) is 0 Å². The van der Waals surface area contributed by atoms with Crippen molar-refractivity contribution in [1.29, 1.82) is 0 Å². The van der Waals surface area contributed by atoms with Gasteiger partial charge >= 0.3 is 0 Å². The van der Waals surface area contributed by atoms with E-state index < -0.39 is 0 Å². The highest BCUT2D eigenvalue weighted by Gasteiger charge is 2.28. The molecule has 0 amide bonds. The van der Waals surface area contributed by atoms with Crippen molar-refractivity contribution in [2.24, 2.45) is 0 Å². The Hall–Kier alpha value is -1.16. The number of rotatable bonds is 1. The van der Waals surface area contributed by atoms with Crippen LogP contribution in [-0.4, -0.2) is 19.6 Å². The van der Waals surface area contributed by atoms with Gasteiger partial charge in [-0.05, 0) is 18.9 Å². The quantitative estimate of drug-likeness (QED) is 0.649. The van der Waals surface area contributed by atoms with Crippen molar-refractivity contribution in [2.75, 3.05) is 0 Å². The minimum Gasteiger partial charge on any atom is -0.204 e. The molecule has 0 N–H and O–H groups in total. The third-order valence-corrected chi connectivity index (χ3v) is 2.34. The first-order valence-electron chi connectivity index (χ1n) is 4.22. The monoisotopic (exact) mass is 194 g/mol. The molecule has 0 atom stereocenters. The summed E-state index contributed by atoms with van der Waals surface area (Å²) in [4.78, 5) is 8.35. The Bertz CT molecular complexity index is 460. The summed E-state index contributed by atoms with van der Waals surface area (Å²) in [5, 5.41) is 4.76. The van der Waals surface area contributed by atoms with Crippen LogP contribution in [0.2, 0.25) is 5.15 Å². The van der Waals surface area contributed by atoms with E-state index in [2.05, 4.69) is 15.1 Å². The van der Waals surface area contributed by atoms with Crippen LogP contribution in [0.15, 0.2) is 12.3 Å². The molecule has 5 heteroatoms. The van der Waals surface area contributed by atoms with Crippen molar-refractivity contribution in [3.05, 3.63) is 23.2 Å². The second kappa shape index (κ2) is 2.42. The van der Waals surface area contributed by atoms with Crippen LogP contribution in [0.3, 0.4) is 0 Å². The average Bonchev–Trinajstić information content (AvgIpc) is 2.87. The van der Waals surface area contributed by atoms with Crippen molar-refractivity contribution in [3.8, 4) is 0 Å². The van der Waals surface area contributed by atoms with Gasteiger partial charge in [0.15, 0.2) is 5.82 Å². The minimum atomic E-state index is 0.460. The van der Waals surface area contributed by atoms with E-state index >= 15 is 0 Å². The van der Waals surface area contributed by atoms with Crippen LogP contribution in [0.5, 0.6) is 0 Å². The molecule has 1 aliphatic rings. The van der Waals surface area contributed by atoms with E-state index in [9.17, 15) is 0 Å². The molecule has 2 heterocycles. The lowest BCUT2D eigenvalue weighted by Crippen LogP contribution is -1.89. The predicted molar refractivity (Wildman–Crippen MR) is 47.8 cm³/mol. The molecule has 2 aromatic rings. The van der Waals surface area contributed by atoms with Crippen LogP contribution < -0.4 is 0 Å². The lowest BCUT2D eigenvalue weighted by Gasteiger charge is -1.88. The zero-order chi connectivity index (χ0) is 8.84. The summed E-state index contributed by atoms with van der Waals surface area (Å²) in [5.41, 5.74) is 0. The molecule has 0 aromatic carbocycles. The van der Waals surface area contributed by atoms with Crippen molar-refractivity contribution in [2.45, 2.75) is 18.8 Å². The first-order valence-corrected chi connectivity index (χ1v) is 4.59.